The monoisotopic (exact) mass is 204 g/mol. The van der Waals surface area contributed by atoms with Gasteiger partial charge in [-0.2, -0.15) is 0 Å². The molecule has 1 heterocycles. The molecule has 0 radical (unpaired) electrons. The van der Waals surface area contributed by atoms with Crippen molar-refractivity contribution in [3.8, 4) is 0 Å². The van der Waals surface area contributed by atoms with Crippen molar-refractivity contribution in [2.75, 3.05) is 19.8 Å². The number of aliphatic carboxylic acids is 1. The van der Waals surface area contributed by atoms with E-state index in [1.54, 1.807) is 0 Å². The van der Waals surface area contributed by atoms with Gasteiger partial charge in [-0.3, -0.25) is 0 Å². The third kappa shape index (κ3) is 3.25. The van der Waals surface area contributed by atoms with Gasteiger partial charge in [0.1, 0.15) is 0 Å². The third-order valence-corrected chi connectivity index (χ3v) is 2.23. The van der Waals surface area contributed by atoms with Crippen molar-refractivity contribution >= 4 is 5.97 Å². The number of rotatable bonds is 4. The minimum Gasteiger partial charge on any atom is -0.479 e. The van der Waals surface area contributed by atoms with Gasteiger partial charge in [0.15, 0.2) is 5.60 Å². The summed E-state index contributed by atoms with van der Waals surface area (Å²) in [4.78, 5) is 10.5. The summed E-state index contributed by atoms with van der Waals surface area (Å²) in [6.07, 6.45) is 1.53. The van der Waals surface area contributed by atoms with Crippen LogP contribution in [0.15, 0.2) is 0 Å². The van der Waals surface area contributed by atoms with Crippen LogP contribution in [0.1, 0.15) is 19.8 Å². The van der Waals surface area contributed by atoms with Gasteiger partial charge >= 0.3 is 5.97 Å². The van der Waals surface area contributed by atoms with Gasteiger partial charge in [-0.15, -0.1) is 0 Å². The second-order valence-electron chi connectivity index (χ2n) is 3.70. The fourth-order valence-electron chi connectivity index (χ4n) is 1.18. The summed E-state index contributed by atoms with van der Waals surface area (Å²) in [6.45, 7) is 2.33. The number of carboxylic acids is 1. The van der Waals surface area contributed by atoms with Crippen molar-refractivity contribution in [3.63, 3.8) is 0 Å². The SMILES string of the molecule is CC(O)(COC1CCOCC1)C(=O)O. The molecule has 0 saturated carbocycles. The normalized spacial score (nSPS) is 23.0. The van der Waals surface area contributed by atoms with E-state index in [4.69, 9.17) is 14.6 Å². The van der Waals surface area contributed by atoms with E-state index in [0.29, 0.717) is 13.2 Å². The van der Waals surface area contributed by atoms with Crippen molar-refractivity contribution in [2.24, 2.45) is 0 Å². The Morgan fingerprint density at radius 1 is 1.57 bits per heavy atom. The van der Waals surface area contributed by atoms with E-state index in [2.05, 4.69) is 0 Å². The Morgan fingerprint density at radius 2 is 2.14 bits per heavy atom. The summed E-state index contributed by atoms with van der Waals surface area (Å²) in [5.74, 6) is -1.26. The number of aliphatic hydroxyl groups is 1. The Hall–Kier alpha value is -0.650. The lowest BCUT2D eigenvalue weighted by atomic mass is 10.1. The summed E-state index contributed by atoms with van der Waals surface area (Å²) in [5.41, 5.74) is -1.79. The van der Waals surface area contributed by atoms with Crippen molar-refractivity contribution < 1.29 is 24.5 Å². The summed E-state index contributed by atoms with van der Waals surface area (Å²) < 4.78 is 10.4. The van der Waals surface area contributed by atoms with Gasteiger partial charge in [0.2, 0.25) is 0 Å². The van der Waals surface area contributed by atoms with Gasteiger partial charge in [-0.25, -0.2) is 4.79 Å². The Bertz CT molecular complexity index is 195. The maximum absolute atomic E-state index is 10.5. The smallest absolute Gasteiger partial charge is 0.337 e. The lowest BCUT2D eigenvalue weighted by molar-refractivity contribution is -0.166. The molecule has 1 aliphatic rings. The molecule has 1 rings (SSSR count). The van der Waals surface area contributed by atoms with Crippen LogP contribution in [0, 0.1) is 0 Å². The predicted molar refractivity (Wildman–Crippen MR) is 48.1 cm³/mol. The first-order valence-electron chi connectivity index (χ1n) is 4.67. The zero-order valence-corrected chi connectivity index (χ0v) is 8.23. The second kappa shape index (κ2) is 4.72. The van der Waals surface area contributed by atoms with Gasteiger partial charge in [0.05, 0.1) is 12.7 Å². The molecule has 5 nitrogen and oxygen atoms in total. The summed E-state index contributed by atoms with van der Waals surface area (Å²) >= 11 is 0. The van der Waals surface area contributed by atoms with E-state index in [1.807, 2.05) is 0 Å². The number of hydrogen-bond donors (Lipinski definition) is 2. The molecule has 2 N–H and O–H groups in total. The number of hydrogen-bond acceptors (Lipinski definition) is 4. The number of ether oxygens (including phenoxy) is 2. The molecule has 1 fully saturated rings. The Balaban J connectivity index is 2.28. The van der Waals surface area contributed by atoms with E-state index in [0.717, 1.165) is 12.8 Å². The molecule has 0 aliphatic carbocycles. The predicted octanol–water partition coefficient (Wildman–Crippen LogP) is 0.0176. The van der Waals surface area contributed by atoms with Crippen LogP contribution in [-0.4, -0.2) is 47.7 Å². The molecule has 0 aromatic rings. The van der Waals surface area contributed by atoms with E-state index in [-0.39, 0.29) is 12.7 Å². The molecule has 0 amide bonds. The van der Waals surface area contributed by atoms with Crippen molar-refractivity contribution in [3.05, 3.63) is 0 Å². The highest BCUT2D eigenvalue weighted by atomic mass is 16.5. The molecule has 5 heteroatoms. The largest absolute Gasteiger partial charge is 0.479 e. The fraction of sp³-hybridized carbons (Fsp3) is 0.889. The lowest BCUT2D eigenvalue weighted by Crippen LogP contribution is -2.41. The maximum Gasteiger partial charge on any atom is 0.337 e. The molecule has 0 aromatic carbocycles. The zero-order valence-electron chi connectivity index (χ0n) is 8.23. The van der Waals surface area contributed by atoms with Crippen LogP contribution in [0.4, 0.5) is 0 Å². The Labute approximate surface area is 82.6 Å². The zero-order chi connectivity index (χ0) is 10.6. The molecular weight excluding hydrogens is 188 g/mol. The van der Waals surface area contributed by atoms with E-state index in [1.165, 1.54) is 6.92 Å². The van der Waals surface area contributed by atoms with Gasteiger partial charge in [0, 0.05) is 13.2 Å². The van der Waals surface area contributed by atoms with Crippen LogP contribution in [0.3, 0.4) is 0 Å². The molecule has 1 unspecified atom stereocenters. The number of carboxylic acid groups (broad SMARTS) is 1. The van der Waals surface area contributed by atoms with E-state index >= 15 is 0 Å². The average molecular weight is 204 g/mol. The minimum absolute atomic E-state index is 0.00887. The van der Waals surface area contributed by atoms with Crippen LogP contribution < -0.4 is 0 Å². The van der Waals surface area contributed by atoms with Crippen LogP contribution in [0.5, 0.6) is 0 Å². The van der Waals surface area contributed by atoms with Gasteiger partial charge in [-0.1, -0.05) is 0 Å². The standard InChI is InChI=1S/C9H16O5/c1-9(12,8(10)11)6-14-7-2-4-13-5-3-7/h7,12H,2-6H2,1H3,(H,10,11). The summed E-state index contributed by atoms with van der Waals surface area (Å²) in [5, 5.41) is 18.0. The Morgan fingerprint density at radius 3 is 2.64 bits per heavy atom. The highest BCUT2D eigenvalue weighted by Crippen LogP contribution is 2.13. The van der Waals surface area contributed by atoms with Gasteiger partial charge < -0.3 is 19.7 Å². The lowest BCUT2D eigenvalue weighted by Gasteiger charge is -2.26. The van der Waals surface area contributed by atoms with E-state index < -0.39 is 11.6 Å². The molecule has 14 heavy (non-hydrogen) atoms. The van der Waals surface area contributed by atoms with Crippen molar-refractivity contribution in [1.29, 1.82) is 0 Å². The molecule has 82 valence electrons. The van der Waals surface area contributed by atoms with Crippen molar-refractivity contribution in [1.82, 2.24) is 0 Å². The molecule has 1 atom stereocenters. The van der Waals surface area contributed by atoms with Crippen molar-refractivity contribution in [2.45, 2.75) is 31.5 Å². The molecule has 0 aromatic heterocycles. The third-order valence-electron chi connectivity index (χ3n) is 2.23. The van der Waals surface area contributed by atoms with Crippen LogP contribution in [-0.2, 0) is 14.3 Å². The first-order valence-corrected chi connectivity index (χ1v) is 4.67. The fourth-order valence-corrected chi connectivity index (χ4v) is 1.18. The quantitative estimate of drug-likeness (QED) is 0.675. The highest BCUT2D eigenvalue weighted by molar-refractivity contribution is 5.76. The molecule has 1 aliphatic heterocycles. The number of carbonyl (C=O) groups is 1. The first-order chi connectivity index (χ1) is 6.52. The topological polar surface area (TPSA) is 76.0 Å². The second-order valence-corrected chi connectivity index (χ2v) is 3.70. The maximum atomic E-state index is 10.5. The molecular formula is C9H16O5. The average Bonchev–Trinajstić information content (AvgIpc) is 2.16. The molecule has 0 spiro atoms. The van der Waals surface area contributed by atoms with Crippen LogP contribution in [0.25, 0.3) is 0 Å². The van der Waals surface area contributed by atoms with Gasteiger partial charge in [-0.05, 0) is 19.8 Å². The minimum atomic E-state index is -1.79. The molecule has 0 bridgehead atoms. The van der Waals surface area contributed by atoms with E-state index in [9.17, 15) is 9.90 Å². The summed E-state index contributed by atoms with van der Waals surface area (Å²) in [7, 11) is 0. The summed E-state index contributed by atoms with van der Waals surface area (Å²) in [6, 6.07) is 0. The Kier molecular flexibility index (Phi) is 3.86. The molecule has 1 saturated heterocycles. The highest BCUT2D eigenvalue weighted by Gasteiger charge is 2.31. The van der Waals surface area contributed by atoms with Crippen LogP contribution in [0.2, 0.25) is 0 Å². The van der Waals surface area contributed by atoms with Gasteiger partial charge in [0.25, 0.3) is 0 Å². The van der Waals surface area contributed by atoms with Crippen LogP contribution >= 0.6 is 0 Å². The first kappa shape index (κ1) is 11.4.